The fraction of sp³-hybridized carbons (Fsp3) is 0.800. The summed E-state index contributed by atoms with van der Waals surface area (Å²) >= 11 is 0. The maximum Gasteiger partial charge on any atom is 0.318 e. The van der Waals surface area contributed by atoms with Crippen molar-refractivity contribution < 1.29 is 9.15 Å². The molecule has 1 N–H and O–H groups in total. The van der Waals surface area contributed by atoms with Gasteiger partial charge >= 0.3 is 6.01 Å². The minimum Gasteiger partial charge on any atom is -0.407 e. The molecule has 1 saturated heterocycles. The fourth-order valence-corrected chi connectivity index (χ4v) is 1.49. The van der Waals surface area contributed by atoms with E-state index in [0.29, 0.717) is 24.5 Å². The number of nitrogens with one attached hydrogen (secondary N) is 1. The summed E-state index contributed by atoms with van der Waals surface area (Å²) in [6.07, 6.45) is 0. The highest BCUT2D eigenvalue weighted by molar-refractivity contribution is 5.24. The molecule has 0 radical (unpaired) electrons. The Morgan fingerprint density at radius 1 is 1.31 bits per heavy atom. The topological polar surface area (TPSA) is 63.4 Å². The molecule has 90 valence electrons. The van der Waals surface area contributed by atoms with E-state index in [-0.39, 0.29) is 0 Å². The highest BCUT2D eigenvalue weighted by Crippen LogP contribution is 2.13. The number of morpholine rings is 1. The van der Waals surface area contributed by atoms with Crippen molar-refractivity contribution in [1.82, 2.24) is 15.5 Å². The maximum absolute atomic E-state index is 5.56. The van der Waals surface area contributed by atoms with Crippen LogP contribution in [-0.2, 0) is 11.3 Å². The molecule has 16 heavy (non-hydrogen) atoms. The average molecular weight is 226 g/mol. The number of nitrogens with zero attached hydrogens (tertiary/aromatic N) is 3. The molecule has 0 saturated carbocycles. The van der Waals surface area contributed by atoms with Gasteiger partial charge in [0.1, 0.15) is 0 Å². The Balaban J connectivity index is 1.90. The smallest absolute Gasteiger partial charge is 0.318 e. The predicted octanol–water partition coefficient (Wildman–Crippen LogP) is 0.404. The van der Waals surface area contributed by atoms with E-state index in [1.807, 2.05) is 0 Å². The second kappa shape index (κ2) is 5.27. The zero-order chi connectivity index (χ0) is 11.4. The normalized spacial score (nSPS) is 17.1. The van der Waals surface area contributed by atoms with E-state index < -0.39 is 0 Å². The van der Waals surface area contributed by atoms with Gasteiger partial charge in [0.05, 0.1) is 19.8 Å². The number of hydrogen-bond acceptors (Lipinski definition) is 6. The van der Waals surface area contributed by atoms with Crippen molar-refractivity contribution in [3.05, 3.63) is 5.89 Å². The van der Waals surface area contributed by atoms with Gasteiger partial charge in [-0.3, -0.25) is 0 Å². The van der Waals surface area contributed by atoms with Crippen molar-refractivity contribution in [3.8, 4) is 0 Å². The first-order chi connectivity index (χ1) is 7.75. The van der Waals surface area contributed by atoms with E-state index in [9.17, 15) is 0 Å². The third kappa shape index (κ3) is 2.93. The van der Waals surface area contributed by atoms with Crippen LogP contribution in [0.4, 0.5) is 6.01 Å². The molecule has 0 aromatic carbocycles. The second-order valence-corrected chi connectivity index (χ2v) is 4.11. The summed E-state index contributed by atoms with van der Waals surface area (Å²) in [4.78, 5) is 2.05. The van der Waals surface area contributed by atoms with E-state index in [2.05, 4.69) is 34.3 Å². The van der Waals surface area contributed by atoms with Crippen LogP contribution in [0.3, 0.4) is 0 Å². The first-order valence-corrected chi connectivity index (χ1v) is 5.64. The molecule has 0 bridgehead atoms. The molecule has 6 nitrogen and oxygen atoms in total. The molecule has 6 heteroatoms. The van der Waals surface area contributed by atoms with Crippen LogP contribution in [-0.4, -0.2) is 42.5 Å². The van der Waals surface area contributed by atoms with Gasteiger partial charge in [-0.25, -0.2) is 0 Å². The first kappa shape index (κ1) is 11.3. The minimum absolute atomic E-state index is 0.415. The summed E-state index contributed by atoms with van der Waals surface area (Å²) < 4.78 is 10.8. The number of ether oxygens (including phenoxy) is 1. The van der Waals surface area contributed by atoms with Gasteiger partial charge in [-0.1, -0.05) is 18.9 Å². The summed E-state index contributed by atoms with van der Waals surface area (Å²) in [5.41, 5.74) is 0. The van der Waals surface area contributed by atoms with Gasteiger partial charge in [-0.15, -0.1) is 5.10 Å². The molecule has 1 aliphatic heterocycles. The predicted molar refractivity (Wildman–Crippen MR) is 59.3 cm³/mol. The summed E-state index contributed by atoms with van der Waals surface area (Å²) in [5.74, 6) is 0.634. The van der Waals surface area contributed by atoms with E-state index in [1.165, 1.54) is 0 Å². The number of anilines is 1. The summed E-state index contributed by atoms with van der Waals surface area (Å²) in [5, 5.41) is 11.3. The summed E-state index contributed by atoms with van der Waals surface area (Å²) in [6.45, 7) is 7.87. The zero-order valence-electron chi connectivity index (χ0n) is 9.77. The number of hydrogen-bond donors (Lipinski definition) is 1. The largest absolute Gasteiger partial charge is 0.407 e. The zero-order valence-corrected chi connectivity index (χ0v) is 9.77. The van der Waals surface area contributed by atoms with E-state index in [0.717, 1.165) is 26.3 Å². The first-order valence-electron chi connectivity index (χ1n) is 5.64. The molecule has 1 aromatic heterocycles. The maximum atomic E-state index is 5.56. The van der Waals surface area contributed by atoms with Gasteiger partial charge in [0.25, 0.3) is 0 Å². The van der Waals surface area contributed by atoms with Crippen LogP contribution in [0.15, 0.2) is 4.42 Å². The van der Waals surface area contributed by atoms with Crippen molar-refractivity contribution >= 4 is 6.01 Å². The molecule has 0 aliphatic carbocycles. The van der Waals surface area contributed by atoms with E-state index in [4.69, 9.17) is 9.15 Å². The Morgan fingerprint density at radius 3 is 2.75 bits per heavy atom. The van der Waals surface area contributed by atoms with Gasteiger partial charge in [-0.05, 0) is 0 Å². The molecule has 2 heterocycles. The average Bonchev–Trinajstić information content (AvgIpc) is 2.76. The number of rotatable bonds is 4. The monoisotopic (exact) mass is 226 g/mol. The molecule has 1 aromatic rings. The molecule has 0 unspecified atom stereocenters. The Kier molecular flexibility index (Phi) is 3.74. The molecule has 1 aliphatic rings. The van der Waals surface area contributed by atoms with E-state index >= 15 is 0 Å². The molecular weight excluding hydrogens is 208 g/mol. The summed E-state index contributed by atoms with van der Waals surface area (Å²) in [6, 6.07) is 1.02. The van der Waals surface area contributed by atoms with Crippen LogP contribution in [0.2, 0.25) is 0 Å². The Morgan fingerprint density at radius 2 is 2.06 bits per heavy atom. The lowest BCUT2D eigenvalue weighted by Crippen LogP contribution is -2.36. The van der Waals surface area contributed by atoms with Crippen LogP contribution in [0.5, 0.6) is 0 Å². The number of aromatic nitrogens is 2. The SMILES string of the molecule is CC(C)NCc1nnc(N2CCOCC2)o1. The Hall–Kier alpha value is -1.14. The lowest BCUT2D eigenvalue weighted by atomic mass is 10.4. The molecule has 0 spiro atoms. The fourth-order valence-electron chi connectivity index (χ4n) is 1.49. The van der Waals surface area contributed by atoms with Gasteiger partial charge < -0.3 is 19.4 Å². The molecular formula is C10H18N4O2. The van der Waals surface area contributed by atoms with Crippen LogP contribution >= 0.6 is 0 Å². The van der Waals surface area contributed by atoms with Gasteiger partial charge in [-0.2, -0.15) is 0 Å². The van der Waals surface area contributed by atoms with Gasteiger partial charge in [0.15, 0.2) is 0 Å². The Labute approximate surface area is 95.0 Å². The van der Waals surface area contributed by atoms with Crippen LogP contribution < -0.4 is 10.2 Å². The molecule has 1 fully saturated rings. The Bertz CT molecular complexity index is 320. The lowest BCUT2D eigenvalue weighted by molar-refractivity contribution is 0.120. The van der Waals surface area contributed by atoms with E-state index in [1.54, 1.807) is 0 Å². The lowest BCUT2D eigenvalue weighted by Gasteiger charge is -2.24. The highest BCUT2D eigenvalue weighted by atomic mass is 16.5. The van der Waals surface area contributed by atoms with Crippen molar-refractivity contribution in [2.75, 3.05) is 31.2 Å². The van der Waals surface area contributed by atoms with Crippen molar-refractivity contribution in [3.63, 3.8) is 0 Å². The molecule has 0 atom stereocenters. The van der Waals surface area contributed by atoms with Crippen LogP contribution in [0, 0.1) is 0 Å². The third-order valence-corrected chi connectivity index (χ3v) is 2.40. The van der Waals surface area contributed by atoms with Crippen molar-refractivity contribution in [2.45, 2.75) is 26.4 Å². The van der Waals surface area contributed by atoms with Crippen LogP contribution in [0.1, 0.15) is 19.7 Å². The summed E-state index contributed by atoms with van der Waals surface area (Å²) in [7, 11) is 0. The van der Waals surface area contributed by atoms with Crippen LogP contribution in [0.25, 0.3) is 0 Å². The quantitative estimate of drug-likeness (QED) is 0.802. The third-order valence-electron chi connectivity index (χ3n) is 2.40. The van der Waals surface area contributed by atoms with Gasteiger partial charge in [0.2, 0.25) is 5.89 Å². The van der Waals surface area contributed by atoms with Gasteiger partial charge in [0, 0.05) is 19.1 Å². The molecule has 2 rings (SSSR count). The standard InChI is InChI=1S/C10H18N4O2/c1-8(2)11-7-9-12-13-10(16-9)14-3-5-15-6-4-14/h8,11H,3-7H2,1-2H3. The second-order valence-electron chi connectivity index (χ2n) is 4.11. The van der Waals surface area contributed by atoms with Crippen molar-refractivity contribution in [1.29, 1.82) is 0 Å². The highest BCUT2D eigenvalue weighted by Gasteiger charge is 2.17. The van der Waals surface area contributed by atoms with Crippen molar-refractivity contribution in [2.24, 2.45) is 0 Å². The molecule has 0 amide bonds. The minimum atomic E-state index is 0.415.